The molecule has 0 amide bonds. The normalized spacial score (nSPS) is 16.4. The molecular formula is C20H25FN6O2. The van der Waals surface area contributed by atoms with Gasteiger partial charge in [-0.15, -0.1) is 0 Å². The number of hydrogen-bond donors (Lipinski definition) is 4. The summed E-state index contributed by atoms with van der Waals surface area (Å²) in [6, 6.07) is 0.812. The SMILES string of the molecule is Cc1cnc(C(=N)c2cc(F)cnc2N)nc1NC(CC(=O)O)C1(C)CCCC1. The molecule has 1 atom stereocenters. The van der Waals surface area contributed by atoms with Crippen LogP contribution in [0.1, 0.15) is 56.0 Å². The molecule has 29 heavy (non-hydrogen) atoms. The van der Waals surface area contributed by atoms with Crippen LogP contribution in [0.2, 0.25) is 0 Å². The fourth-order valence-corrected chi connectivity index (χ4v) is 3.82. The maximum atomic E-state index is 13.6. The Balaban J connectivity index is 1.92. The Hall–Kier alpha value is -3.10. The van der Waals surface area contributed by atoms with Crippen LogP contribution in [0.15, 0.2) is 18.5 Å². The number of carboxylic acids is 1. The van der Waals surface area contributed by atoms with Gasteiger partial charge in [0.05, 0.1) is 12.6 Å². The van der Waals surface area contributed by atoms with Crippen LogP contribution in [-0.2, 0) is 4.79 Å². The number of halogens is 1. The van der Waals surface area contributed by atoms with Gasteiger partial charge in [-0.2, -0.15) is 0 Å². The molecule has 1 fully saturated rings. The van der Waals surface area contributed by atoms with Crippen molar-refractivity contribution >= 4 is 23.3 Å². The number of carbonyl (C=O) groups is 1. The smallest absolute Gasteiger partial charge is 0.305 e. The van der Waals surface area contributed by atoms with Gasteiger partial charge in [-0.3, -0.25) is 10.2 Å². The van der Waals surface area contributed by atoms with Crippen molar-refractivity contribution in [3.63, 3.8) is 0 Å². The molecule has 0 bridgehead atoms. The lowest BCUT2D eigenvalue weighted by atomic mass is 9.79. The van der Waals surface area contributed by atoms with E-state index < -0.39 is 11.8 Å². The van der Waals surface area contributed by atoms with Gasteiger partial charge >= 0.3 is 5.97 Å². The van der Waals surface area contributed by atoms with Gasteiger partial charge in [0.2, 0.25) is 0 Å². The van der Waals surface area contributed by atoms with E-state index in [1.807, 2.05) is 6.92 Å². The number of aryl methyl sites for hydroxylation is 1. The van der Waals surface area contributed by atoms with E-state index in [1.54, 1.807) is 6.20 Å². The van der Waals surface area contributed by atoms with Crippen molar-refractivity contribution < 1.29 is 14.3 Å². The minimum absolute atomic E-state index is 0.0114. The molecule has 0 saturated heterocycles. The highest BCUT2D eigenvalue weighted by Gasteiger charge is 2.38. The van der Waals surface area contributed by atoms with Crippen LogP contribution in [-0.4, -0.2) is 37.8 Å². The Morgan fingerprint density at radius 2 is 2.07 bits per heavy atom. The van der Waals surface area contributed by atoms with Gasteiger partial charge < -0.3 is 16.2 Å². The first-order valence-electron chi connectivity index (χ1n) is 9.52. The van der Waals surface area contributed by atoms with E-state index in [1.165, 1.54) is 0 Å². The Kier molecular flexibility index (Phi) is 5.76. The van der Waals surface area contributed by atoms with E-state index in [0.29, 0.717) is 5.82 Å². The lowest BCUT2D eigenvalue weighted by Crippen LogP contribution is -2.39. The minimum Gasteiger partial charge on any atom is -0.481 e. The molecule has 2 aromatic rings. The molecule has 0 radical (unpaired) electrons. The highest BCUT2D eigenvalue weighted by atomic mass is 19.1. The molecule has 154 valence electrons. The standard InChI is InChI=1S/C20H25FN6O2/c1-11-9-25-19(16(22)13-7-12(21)10-24-17(13)23)27-18(11)26-14(8-15(28)29)20(2)5-3-4-6-20/h7,9-10,14,22H,3-6,8H2,1-2H3,(H2,23,24)(H,28,29)(H,25,26,27). The number of nitrogen functional groups attached to an aromatic ring is 1. The molecule has 1 aliphatic carbocycles. The second-order valence-corrected chi connectivity index (χ2v) is 7.84. The predicted octanol–water partition coefficient (Wildman–Crippen LogP) is 3.15. The van der Waals surface area contributed by atoms with Gasteiger partial charge in [-0.05, 0) is 31.2 Å². The Labute approximate surface area is 168 Å². The van der Waals surface area contributed by atoms with Gasteiger partial charge in [-0.25, -0.2) is 19.3 Å². The van der Waals surface area contributed by atoms with E-state index in [9.17, 15) is 14.3 Å². The average molecular weight is 400 g/mol. The highest BCUT2D eigenvalue weighted by Crippen LogP contribution is 2.42. The molecule has 1 unspecified atom stereocenters. The second-order valence-electron chi connectivity index (χ2n) is 7.84. The molecule has 8 nitrogen and oxygen atoms in total. The summed E-state index contributed by atoms with van der Waals surface area (Å²) < 4.78 is 13.6. The Morgan fingerprint density at radius 3 is 2.72 bits per heavy atom. The molecule has 1 aliphatic rings. The van der Waals surface area contributed by atoms with E-state index >= 15 is 0 Å². The lowest BCUT2D eigenvalue weighted by Gasteiger charge is -2.34. The lowest BCUT2D eigenvalue weighted by molar-refractivity contribution is -0.137. The summed E-state index contributed by atoms with van der Waals surface area (Å²) in [4.78, 5) is 23.8. The van der Waals surface area contributed by atoms with E-state index in [2.05, 4.69) is 27.2 Å². The summed E-state index contributed by atoms with van der Waals surface area (Å²) in [6.07, 6.45) is 6.52. The molecule has 2 heterocycles. The number of aromatic nitrogens is 3. The highest BCUT2D eigenvalue weighted by molar-refractivity contribution is 6.11. The van der Waals surface area contributed by atoms with Gasteiger partial charge in [-0.1, -0.05) is 19.8 Å². The number of hydrogen-bond acceptors (Lipinski definition) is 7. The molecular weight excluding hydrogens is 375 g/mol. The van der Waals surface area contributed by atoms with Crippen molar-refractivity contribution in [3.05, 3.63) is 41.2 Å². The summed E-state index contributed by atoms with van der Waals surface area (Å²) in [5.74, 6) is -0.962. The number of nitrogens with two attached hydrogens (primary N) is 1. The zero-order valence-corrected chi connectivity index (χ0v) is 16.5. The number of aliphatic carboxylic acids is 1. The van der Waals surface area contributed by atoms with Crippen LogP contribution in [0, 0.1) is 23.6 Å². The first kappa shape index (κ1) is 20.6. The van der Waals surface area contributed by atoms with Gasteiger partial charge in [0, 0.05) is 23.4 Å². The van der Waals surface area contributed by atoms with E-state index in [0.717, 1.165) is 43.5 Å². The molecule has 5 N–H and O–H groups in total. The third-order valence-electron chi connectivity index (χ3n) is 5.63. The van der Waals surface area contributed by atoms with Gasteiger partial charge in [0.25, 0.3) is 0 Å². The van der Waals surface area contributed by atoms with Crippen LogP contribution in [0.3, 0.4) is 0 Å². The van der Waals surface area contributed by atoms with Crippen molar-refractivity contribution in [3.8, 4) is 0 Å². The topological polar surface area (TPSA) is 138 Å². The first-order valence-corrected chi connectivity index (χ1v) is 9.52. The van der Waals surface area contributed by atoms with Crippen LogP contribution in [0.4, 0.5) is 16.0 Å². The molecule has 0 spiro atoms. The molecule has 2 aromatic heterocycles. The van der Waals surface area contributed by atoms with Crippen molar-refractivity contribution in [1.29, 1.82) is 5.41 Å². The van der Waals surface area contributed by atoms with Crippen molar-refractivity contribution in [2.75, 3.05) is 11.1 Å². The molecule has 3 rings (SSSR count). The van der Waals surface area contributed by atoms with Crippen molar-refractivity contribution in [1.82, 2.24) is 15.0 Å². The van der Waals surface area contributed by atoms with Crippen LogP contribution in [0.5, 0.6) is 0 Å². The summed E-state index contributed by atoms with van der Waals surface area (Å²) in [7, 11) is 0. The summed E-state index contributed by atoms with van der Waals surface area (Å²) in [6.45, 7) is 3.90. The Morgan fingerprint density at radius 1 is 1.38 bits per heavy atom. The average Bonchev–Trinajstić information content (AvgIpc) is 3.11. The van der Waals surface area contributed by atoms with Crippen LogP contribution >= 0.6 is 0 Å². The van der Waals surface area contributed by atoms with Gasteiger partial charge in [0.15, 0.2) is 5.82 Å². The van der Waals surface area contributed by atoms with Crippen LogP contribution in [0.25, 0.3) is 0 Å². The fourth-order valence-electron chi connectivity index (χ4n) is 3.82. The van der Waals surface area contributed by atoms with E-state index in [-0.39, 0.29) is 40.8 Å². The summed E-state index contributed by atoms with van der Waals surface area (Å²) in [5, 5.41) is 21.0. The molecule has 1 saturated carbocycles. The summed E-state index contributed by atoms with van der Waals surface area (Å²) in [5.41, 5.74) is 6.30. The van der Waals surface area contributed by atoms with E-state index in [4.69, 9.17) is 11.1 Å². The predicted molar refractivity (Wildman–Crippen MR) is 108 cm³/mol. The number of anilines is 2. The number of nitrogens with one attached hydrogen (secondary N) is 2. The molecule has 0 aromatic carbocycles. The quantitative estimate of drug-likeness (QED) is 0.524. The summed E-state index contributed by atoms with van der Waals surface area (Å²) >= 11 is 0. The zero-order chi connectivity index (χ0) is 21.2. The molecule has 0 aliphatic heterocycles. The first-order chi connectivity index (χ1) is 13.7. The maximum Gasteiger partial charge on any atom is 0.305 e. The Bertz CT molecular complexity index is 943. The number of carboxylic acid groups (broad SMARTS) is 1. The third-order valence-corrected chi connectivity index (χ3v) is 5.63. The third kappa shape index (κ3) is 4.49. The minimum atomic E-state index is -0.881. The second kappa shape index (κ2) is 8.10. The molecule has 9 heteroatoms. The maximum absolute atomic E-state index is 13.6. The van der Waals surface area contributed by atoms with Crippen molar-refractivity contribution in [2.45, 2.75) is 52.0 Å². The number of nitrogens with zero attached hydrogens (tertiary/aromatic N) is 3. The zero-order valence-electron chi connectivity index (χ0n) is 16.5. The monoisotopic (exact) mass is 400 g/mol. The van der Waals surface area contributed by atoms with Gasteiger partial charge in [0.1, 0.15) is 23.2 Å². The largest absolute Gasteiger partial charge is 0.481 e. The fraction of sp³-hybridized carbons (Fsp3) is 0.450. The number of rotatable bonds is 7. The number of pyridine rings is 1. The van der Waals surface area contributed by atoms with Crippen LogP contribution < -0.4 is 11.1 Å². The van der Waals surface area contributed by atoms with Crippen molar-refractivity contribution in [2.24, 2.45) is 5.41 Å².